The molecular weight excluding hydrogens is 302 g/mol. The lowest BCUT2D eigenvalue weighted by atomic mass is 9.83. The number of nitrogens with one attached hydrogen (secondary N) is 2. The molecule has 1 saturated carbocycles. The van der Waals surface area contributed by atoms with E-state index in [2.05, 4.69) is 22.7 Å². The van der Waals surface area contributed by atoms with E-state index >= 15 is 0 Å². The maximum atomic E-state index is 5.31. The van der Waals surface area contributed by atoms with Crippen LogP contribution in [0.2, 0.25) is 0 Å². The first-order valence-electron chi connectivity index (χ1n) is 9.26. The Labute approximate surface area is 146 Å². The van der Waals surface area contributed by atoms with Gasteiger partial charge in [-0.1, -0.05) is 12.8 Å². The van der Waals surface area contributed by atoms with Crippen LogP contribution in [0.4, 0.5) is 0 Å². The molecule has 0 atom stereocenters. The van der Waals surface area contributed by atoms with Crippen LogP contribution in [-0.2, 0) is 11.3 Å². The Hall–Kier alpha value is -1.56. The largest absolute Gasteiger partial charge is 0.385 e. The van der Waals surface area contributed by atoms with Gasteiger partial charge in [0.2, 0.25) is 0 Å². The first kappa shape index (κ1) is 18.8. The predicted octanol–water partition coefficient (Wildman–Crippen LogP) is 2.43. The molecule has 0 amide bonds. The molecule has 136 valence electrons. The van der Waals surface area contributed by atoms with Crippen molar-refractivity contribution in [3.05, 3.63) is 18.5 Å². The lowest BCUT2D eigenvalue weighted by molar-refractivity contribution is 0.141. The van der Waals surface area contributed by atoms with Gasteiger partial charge in [-0.05, 0) is 44.1 Å². The highest BCUT2D eigenvalue weighted by Crippen LogP contribution is 2.41. The van der Waals surface area contributed by atoms with E-state index in [1.54, 1.807) is 7.11 Å². The fourth-order valence-corrected chi connectivity index (χ4v) is 3.40. The fraction of sp³-hybridized carbons (Fsp3) is 0.778. The van der Waals surface area contributed by atoms with Gasteiger partial charge in [0.25, 0.3) is 0 Å². The van der Waals surface area contributed by atoms with Gasteiger partial charge in [0.1, 0.15) is 0 Å². The van der Waals surface area contributed by atoms with E-state index in [4.69, 9.17) is 9.73 Å². The summed E-state index contributed by atoms with van der Waals surface area (Å²) in [6.45, 7) is 6.55. The minimum atomic E-state index is 0.341. The highest BCUT2D eigenvalue weighted by atomic mass is 16.5. The second-order valence-electron chi connectivity index (χ2n) is 6.69. The Morgan fingerprint density at radius 2 is 2.17 bits per heavy atom. The van der Waals surface area contributed by atoms with Crippen molar-refractivity contribution in [1.82, 2.24) is 20.4 Å². The molecule has 0 unspecified atom stereocenters. The maximum Gasteiger partial charge on any atom is 0.191 e. The summed E-state index contributed by atoms with van der Waals surface area (Å²) in [6, 6.07) is 1.96. The van der Waals surface area contributed by atoms with Gasteiger partial charge >= 0.3 is 0 Å². The van der Waals surface area contributed by atoms with Crippen molar-refractivity contribution in [2.45, 2.75) is 52.0 Å². The third kappa shape index (κ3) is 6.15. The van der Waals surface area contributed by atoms with Gasteiger partial charge in [-0.15, -0.1) is 0 Å². The highest BCUT2D eigenvalue weighted by molar-refractivity contribution is 5.79. The van der Waals surface area contributed by atoms with Gasteiger partial charge in [-0.2, -0.15) is 5.10 Å². The molecule has 0 saturated heterocycles. The van der Waals surface area contributed by atoms with E-state index in [0.717, 1.165) is 51.6 Å². The number of guanidine groups is 1. The van der Waals surface area contributed by atoms with Gasteiger partial charge in [0.15, 0.2) is 5.96 Å². The number of ether oxygens (including phenoxy) is 1. The van der Waals surface area contributed by atoms with E-state index < -0.39 is 0 Å². The molecule has 24 heavy (non-hydrogen) atoms. The van der Waals surface area contributed by atoms with Crippen LogP contribution in [0, 0.1) is 5.41 Å². The summed E-state index contributed by atoms with van der Waals surface area (Å²) in [6.07, 6.45) is 11.2. The number of hydrogen-bond donors (Lipinski definition) is 2. The van der Waals surface area contributed by atoms with Crippen molar-refractivity contribution < 1.29 is 4.74 Å². The molecule has 1 fully saturated rings. The highest BCUT2D eigenvalue weighted by Gasteiger charge is 2.33. The van der Waals surface area contributed by atoms with Crippen LogP contribution in [0.1, 0.15) is 45.4 Å². The zero-order chi connectivity index (χ0) is 17.1. The monoisotopic (exact) mass is 335 g/mol. The Balaban J connectivity index is 1.79. The van der Waals surface area contributed by atoms with Gasteiger partial charge < -0.3 is 15.4 Å². The Morgan fingerprint density at radius 1 is 1.33 bits per heavy atom. The molecule has 0 spiro atoms. The SMILES string of the molecule is CCNC(=NCC1(CCOC)CCCC1)NCCCn1cccn1. The van der Waals surface area contributed by atoms with Gasteiger partial charge in [0.05, 0.1) is 0 Å². The zero-order valence-corrected chi connectivity index (χ0v) is 15.3. The van der Waals surface area contributed by atoms with Crippen LogP contribution in [0.15, 0.2) is 23.5 Å². The number of aliphatic imine (C=N–C) groups is 1. The van der Waals surface area contributed by atoms with Gasteiger partial charge in [-0.25, -0.2) is 0 Å². The molecular formula is C18H33N5O. The average molecular weight is 335 g/mol. The van der Waals surface area contributed by atoms with Crippen LogP contribution in [0.3, 0.4) is 0 Å². The Morgan fingerprint density at radius 3 is 2.83 bits per heavy atom. The van der Waals surface area contributed by atoms with Crippen LogP contribution >= 0.6 is 0 Å². The van der Waals surface area contributed by atoms with Crippen molar-refractivity contribution in [2.24, 2.45) is 10.4 Å². The Bertz CT molecular complexity index is 466. The molecule has 6 nitrogen and oxygen atoms in total. The summed E-state index contributed by atoms with van der Waals surface area (Å²) < 4.78 is 7.27. The van der Waals surface area contributed by atoms with Gasteiger partial charge in [-0.3, -0.25) is 9.67 Å². The molecule has 1 aliphatic carbocycles. The predicted molar refractivity (Wildman–Crippen MR) is 98.2 cm³/mol. The van der Waals surface area contributed by atoms with Crippen molar-refractivity contribution in [3.8, 4) is 0 Å². The van der Waals surface area contributed by atoms with Crippen molar-refractivity contribution in [3.63, 3.8) is 0 Å². The lowest BCUT2D eigenvalue weighted by Crippen LogP contribution is -2.39. The maximum absolute atomic E-state index is 5.31. The fourth-order valence-electron chi connectivity index (χ4n) is 3.40. The Kier molecular flexibility index (Phi) is 8.08. The molecule has 2 N–H and O–H groups in total. The first-order valence-corrected chi connectivity index (χ1v) is 9.26. The summed E-state index contributed by atoms with van der Waals surface area (Å²) in [5.41, 5.74) is 0.341. The number of aromatic nitrogens is 2. The minimum Gasteiger partial charge on any atom is -0.385 e. The summed E-state index contributed by atoms with van der Waals surface area (Å²) in [5, 5.41) is 11.0. The molecule has 2 rings (SSSR count). The first-order chi connectivity index (χ1) is 11.8. The van der Waals surface area contributed by atoms with E-state index in [0.29, 0.717) is 5.41 Å². The van der Waals surface area contributed by atoms with Crippen LogP contribution in [-0.4, -0.2) is 49.1 Å². The van der Waals surface area contributed by atoms with E-state index in [1.165, 1.54) is 25.7 Å². The van der Waals surface area contributed by atoms with Gasteiger partial charge in [0, 0.05) is 52.3 Å². The summed E-state index contributed by atoms with van der Waals surface area (Å²) >= 11 is 0. The minimum absolute atomic E-state index is 0.341. The third-order valence-electron chi connectivity index (χ3n) is 4.83. The zero-order valence-electron chi connectivity index (χ0n) is 15.3. The average Bonchev–Trinajstić information content (AvgIpc) is 3.27. The van der Waals surface area contributed by atoms with Crippen LogP contribution < -0.4 is 10.6 Å². The number of nitrogens with zero attached hydrogens (tertiary/aromatic N) is 3. The van der Waals surface area contributed by atoms with Crippen molar-refractivity contribution >= 4 is 5.96 Å². The van der Waals surface area contributed by atoms with Crippen LogP contribution in [0.25, 0.3) is 0 Å². The number of rotatable bonds is 10. The van der Waals surface area contributed by atoms with Crippen molar-refractivity contribution in [1.29, 1.82) is 0 Å². The molecule has 0 bridgehead atoms. The molecule has 6 heteroatoms. The second-order valence-corrected chi connectivity index (χ2v) is 6.69. The summed E-state index contributed by atoms with van der Waals surface area (Å²) in [7, 11) is 1.79. The molecule has 0 aliphatic heterocycles. The van der Waals surface area contributed by atoms with Crippen LogP contribution in [0.5, 0.6) is 0 Å². The molecule has 0 radical (unpaired) electrons. The molecule has 1 aliphatic rings. The van der Waals surface area contributed by atoms with E-state index in [1.807, 2.05) is 23.1 Å². The summed E-state index contributed by atoms with van der Waals surface area (Å²) in [5.74, 6) is 0.932. The quantitative estimate of drug-likeness (QED) is 0.392. The molecule has 1 aromatic rings. The molecule has 1 heterocycles. The lowest BCUT2D eigenvalue weighted by Gasteiger charge is -2.27. The molecule has 0 aromatic carbocycles. The third-order valence-corrected chi connectivity index (χ3v) is 4.83. The van der Waals surface area contributed by atoms with Crippen molar-refractivity contribution in [2.75, 3.05) is 33.4 Å². The number of hydrogen-bond acceptors (Lipinski definition) is 3. The normalized spacial score (nSPS) is 17.2. The smallest absolute Gasteiger partial charge is 0.191 e. The summed E-state index contributed by atoms with van der Waals surface area (Å²) in [4.78, 5) is 4.87. The standard InChI is InChI=1S/C18H33N5O/c1-3-19-17(20-11-6-13-23-14-7-12-22-23)21-16-18(10-15-24-2)8-4-5-9-18/h7,12,14H,3-6,8-11,13,15-16H2,1-2H3,(H2,19,20,21). The van der Waals surface area contributed by atoms with E-state index in [9.17, 15) is 0 Å². The topological polar surface area (TPSA) is 63.5 Å². The number of aryl methyl sites for hydroxylation is 1. The second kappa shape index (κ2) is 10.3. The molecule has 1 aromatic heterocycles. The number of methoxy groups -OCH3 is 1. The van der Waals surface area contributed by atoms with E-state index in [-0.39, 0.29) is 0 Å².